The van der Waals surface area contributed by atoms with Gasteiger partial charge in [-0.05, 0) is 44.3 Å². The van der Waals surface area contributed by atoms with E-state index in [-0.39, 0.29) is 0 Å². The lowest BCUT2D eigenvalue weighted by atomic mass is 9.92. The zero-order valence-corrected chi connectivity index (χ0v) is 12.6. The van der Waals surface area contributed by atoms with Crippen molar-refractivity contribution in [2.75, 3.05) is 27.2 Å². The van der Waals surface area contributed by atoms with Crippen molar-refractivity contribution < 1.29 is 0 Å². The van der Waals surface area contributed by atoms with Crippen molar-refractivity contribution in [1.82, 2.24) is 10.2 Å². The molecule has 3 heteroatoms. The summed E-state index contributed by atoms with van der Waals surface area (Å²) in [6, 6.07) is 4.97. The molecule has 1 N–H and O–H groups in total. The van der Waals surface area contributed by atoms with Crippen LogP contribution in [-0.2, 0) is 6.42 Å². The second-order valence-electron chi connectivity index (χ2n) is 5.74. The SMILES string of the molecule is CNCC(C)(C)CN(C)C(C)Cc1cccs1. The highest BCUT2D eigenvalue weighted by Crippen LogP contribution is 2.19. The number of nitrogens with one attached hydrogen (secondary N) is 1. The first-order valence-corrected chi connectivity index (χ1v) is 7.20. The van der Waals surface area contributed by atoms with Crippen molar-refractivity contribution in [3.63, 3.8) is 0 Å². The molecule has 98 valence electrons. The first kappa shape index (κ1) is 14.7. The predicted molar refractivity (Wildman–Crippen MR) is 77.8 cm³/mol. The van der Waals surface area contributed by atoms with E-state index in [4.69, 9.17) is 0 Å². The smallest absolute Gasteiger partial charge is 0.0112 e. The summed E-state index contributed by atoms with van der Waals surface area (Å²) in [5, 5.41) is 5.43. The third-order valence-electron chi connectivity index (χ3n) is 3.16. The van der Waals surface area contributed by atoms with Crippen LogP contribution in [0.2, 0.25) is 0 Å². The molecule has 0 aliphatic heterocycles. The van der Waals surface area contributed by atoms with Crippen LogP contribution < -0.4 is 5.32 Å². The number of thiophene rings is 1. The fraction of sp³-hybridized carbons (Fsp3) is 0.714. The quantitative estimate of drug-likeness (QED) is 0.805. The van der Waals surface area contributed by atoms with Crippen LogP contribution in [0.1, 0.15) is 25.6 Å². The summed E-state index contributed by atoms with van der Waals surface area (Å²) >= 11 is 1.86. The molecule has 1 unspecified atom stereocenters. The summed E-state index contributed by atoms with van der Waals surface area (Å²) < 4.78 is 0. The minimum atomic E-state index is 0.327. The number of nitrogens with zero attached hydrogens (tertiary/aromatic N) is 1. The molecule has 1 aromatic rings. The Morgan fingerprint density at radius 2 is 2.18 bits per heavy atom. The molecule has 0 aliphatic rings. The molecule has 2 nitrogen and oxygen atoms in total. The van der Waals surface area contributed by atoms with Gasteiger partial charge in [-0.3, -0.25) is 0 Å². The topological polar surface area (TPSA) is 15.3 Å². The van der Waals surface area contributed by atoms with Crippen molar-refractivity contribution in [1.29, 1.82) is 0 Å². The normalized spacial score (nSPS) is 14.2. The zero-order valence-electron chi connectivity index (χ0n) is 11.8. The van der Waals surface area contributed by atoms with Crippen LogP contribution in [0, 0.1) is 5.41 Å². The van der Waals surface area contributed by atoms with E-state index in [1.54, 1.807) is 0 Å². The fourth-order valence-electron chi connectivity index (χ4n) is 2.24. The maximum Gasteiger partial charge on any atom is 0.0112 e. The number of likely N-dealkylation sites (N-methyl/N-ethyl adjacent to an activating group) is 1. The second-order valence-corrected chi connectivity index (χ2v) is 6.77. The molecule has 0 amide bonds. The van der Waals surface area contributed by atoms with Gasteiger partial charge < -0.3 is 10.2 Å². The van der Waals surface area contributed by atoms with Crippen molar-refractivity contribution in [2.24, 2.45) is 5.41 Å². The van der Waals surface area contributed by atoms with Gasteiger partial charge in [0, 0.05) is 24.0 Å². The summed E-state index contributed by atoms with van der Waals surface area (Å²) in [4.78, 5) is 3.95. The highest BCUT2D eigenvalue weighted by molar-refractivity contribution is 7.09. The van der Waals surface area contributed by atoms with Gasteiger partial charge in [0.15, 0.2) is 0 Å². The zero-order chi connectivity index (χ0) is 12.9. The van der Waals surface area contributed by atoms with Gasteiger partial charge in [0.1, 0.15) is 0 Å². The molecule has 1 rings (SSSR count). The van der Waals surface area contributed by atoms with Gasteiger partial charge in [-0.2, -0.15) is 0 Å². The molecule has 0 fully saturated rings. The van der Waals surface area contributed by atoms with Gasteiger partial charge in [-0.25, -0.2) is 0 Å². The summed E-state index contributed by atoms with van der Waals surface area (Å²) in [7, 11) is 4.26. The van der Waals surface area contributed by atoms with E-state index in [9.17, 15) is 0 Å². The standard InChI is InChI=1S/C14H26N2S/c1-12(9-13-7-6-8-17-13)16(5)11-14(2,3)10-15-4/h6-8,12,15H,9-11H2,1-5H3. The van der Waals surface area contributed by atoms with E-state index in [2.05, 4.69) is 55.5 Å². The average Bonchev–Trinajstić information content (AvgIpc) is 2.69. The third-order valence-corrected chi connectivity index (χ3v) is 4.06. The highest BCUT2D eigenvalue weighted by Gasteiger charge is 2.21. The molecule has 1 heterocycles. The number of hydrogen-bond acceptors (Lipinski definition) is 3. The van der Waals surface area contributed by atoms with E-state index >= 15 is 0 Å². The van der Waals surface area contributed by atoms with E-state index in [1.807, 2.05) is 18.4 Å². The predicted octanol–water partition coefficient (Wildman–Crippen LogP) is 2.86. The van der Waals surface area contributed by atoms with Crippen LogP contribution in [-0.4, -0.2) is 38.1 Å². The lowest BCUT2D eigenvalue weighted by molar-refractivity contribution is 0.167. The molecule has 1 aromatic heterocycles. The van der Waals surface area contributed by atoms with Crippen LogP contribution >= 0.6 is 11.3 Å². The third kappa shape index (κ3) is 5.19. The molecular formula is C14H26N2S. The Labute approximate surface area is 110 Å². The van der Waals surface area contributed by atoms with Gasteiger partial charge in [-0.1, -0.05) is 19.9 Å². The van der Waals surface area contributed by atoms with Crippen molar-refractivity contribution in [3.8, 4) is 0 Å². The van der Waals surface area contributed by atoms with E-state index in [1.165, 1.54) is 4.88 Å². The molecule has 0 aromatic carbocycles. The number of hydrogen-bond donors (Lipinski definition) is 1. The molecule has 0 aliphatic carbocycles. The van der Waals surface area contributed by atoms with Crippen LogP contribution in [0.4, 0.5) is 0 Å². The lowest BCUT2D eigenvalue weighted by Crippen LogP contribution is -2.42. The van der Waals surface area contributed by atoms with E-state index < -0.39 is 0 Å². The van der Waals surface area contributed by atoms with Gasteiger partial charge in [0.2, 0.25) is 0 Å². The fourth-order valence-corrected chi connectivity index (χ4v) is 3.07. The van der Waals surface area contributed by atoms with E-state index in [0.29, 0.717) is 11.5 Å². The molecular weight excluding hydrogens is 228 g/mol. The largest absolute Gasteiger partial charge is 0.319 e. The van der Waals surface area contributed by atoms with Crippen molar-refractivity contribution in [2.45, 2.75) is 33.2 Å². The maximum absolute atomic E-state index is 3.27. The van der Waals surface area contributed by atoms with Gasteiger partial charge >= 0.3 is 0 Å². The second kappa shape index (κ2) is 6.53. The molecule has 0 saturated heterocycles. The molecule has 0 spiro atoms. The first-order chi connectivity index (χ1) is 7.94. The average molecular weight is 254 g/mol. The van der Waals surface area contributed by atoms with Crippen LogP contribution in [0.15, 0.2) is 17.5 Å². The van der Waals surface area contributed by atoms with Gasteiger partial charge in [0.05, 0.1) is 0 Å². The first-order valence-electron chi connectivity index (χ1n) is 6.32. The maximum atomic E-state index is 3.27. The summed E-state index contributed by atoms with van der Waals surface area (Å²) in [6.45, 7) is 9.13. The highest BCUT2D eigenvalue weighted by atomic mass is 32.1. The Morgan fingerprint density at radius 1 is 1.47 bits per heavy atom. The number of rotatable bonds is 7. The van der Waals surface area contributed by atoms with E-state index in [0.717, 1.165) is 19.5 Å². The van der Waals surface area contributed by atoms with Crippen LogP contribution in [0.3, 0.4) is 0 Å². The van der Waals surface area contributed by atoms with Crippen LogP contribution in [0.5, 0.6) is 0 Å². The Bertz CT molecular complexity index is 306. The van der Waals surface area contributed by atoms with Gasteiger partial charge in [0.25, 0.3) is 0 Å². The monoisotopic (exact) mass is 254 g/mol. The Balaban J connectivity index is 2.44. The minimum absolute atomic E-state index is 0.327. The molecule has 0 saturated carbocycles. The molecule has 17 heavy (non-hydrogen) atoms. The lowest BCUT2D eigenvalue weighted by Gasteiger charge is -2.33. The van der Waals surface area contributed by atoms with Crippen molar-refractivity contribution >= 4 is 11.3 Å². The Morgan fingerprint density at radius 3 is 2.71 bits per heavy atom. The Kier molecular flexibility index (Phi) is 5.63. The minimum Gasteiger partial charge on any atom is -0.319 e. The Hall–Kier alpha value is -0.380. The summed E-state index contributed by atoms with van der Waals surface area (Å²) in [5.41, 5.74) is 0.327. The van der Waals surface area contributed by atoms with Crippen molar-refractivity contribution in [3.05, 3.63) is 22.4 Å². The summed E-state index contributed by atoms with van der Waals surface area (Å²) in [6.07, 6.45) is 1.16. The molecule has 1 atom stereocenters. The van der Waals surface area contributed by atoms with Gasteiger partial charge in [-0.15, -0.1) is 11.3 Å². The molecule has 0 bridgehead atoms. The summed E-state index contributed by atoms with van der Waals surface area (Å²) in [5.74, 6) is 0. The van der Waals surface area contributed by atoms with Crippen LogP contribution in [0.25, 0.3) is 0 Å². The molecule has 0 radical (unpaired) electrons.